The Morgan fingerprint density at radius 1 is 1.00 bits per heavy atom. The van der Waals surface area contributed by atoms with Crippen molar-refractivity contribution in [1.82, 2.24) is 0 Å². The minimum atomic E-state index is -1.84. The van der Waals surface area contributed by atoms with E-state index in [-0.39, 0.29) is 18.9 Å². The molecule has 2 N–H and O–H groups in total. The molecule has 152 valence electrons. The van der Waals surface area contributed by atoms with Crippen LogP contribution in [0.3, 0.4) is 0 Å². The Labute approximate surface area is 184 Å². The predicted molar refractivity (Wildman–Crippen MR) is 118 cm³/mol. The third-order valence-corrected chi connectivity index (χ3v) is 6.02. The van der Waals surface area contributed by atoms with E-state index in [2.05, 4.69) is 12.1 Å². The van der Waals surface area contributed by atoms with Crippen molar-refractivity contribution in [1.29, 1.82) is 0 Å². The molecule has 0 saturated heterocycles. The van der Waals surface area contributed by atoms with E-state index >= 15 is 0 Å². The first kappa shape index (κ1) is 20.6. The van der Waals surface area contributed by atoms with Crippen LogP contribution in [0, 0.1) is 0 Å². The lowest BCUT2D eigenvalue weighted by Crippen LogP contribution is -2.52. The maximum Gasteiger partial charge on any atom is 0.333 e. The Morgan fingerprint density at radius 2 is 1.60 bits per heavy atom. The zero-order valence-corrected chi connectivity index (χ0v) is 17.5. The molecular formula is C24H19Cl2NO3. The molecule has 3 aromatic carbocycles. The van der Waals surface area contributed by atoms with Gasteiger partial charge >= 0.3 is 5.97 Å². The minimum Gasteiger partial charge on any atom is -0.463 e. The molecule has 1 aliphatic carbocycles. The molecule has 0 saturated carbocycles. The molecule has 0 unspecified atom stereocenters. The Bertz CT molecular complexity index is 1090. The molecule has 0 radical (unpaired) electrons. The first-order valence-corrected chi connectivity index (χ1v) is 10.2. The molecule has 3 aromatic rings. The number of fused-ring (bicyclic) bond motifs is 3. The van der Waals surface area contributed by atoms with E-state index in [0.717, 1.165) is 22.3 Å². The van der Waals surface area contributed by atoms with Crippen molar-refractivity contribution in [2.24, 2.45) is 5.73 Å². The van der Waals surface area contributed by atoms with E-state index < -0.39 is 11.5 Å². The number of nitrogens with two attached hydrogens (primary N) is 1. The van der Waals surface area contributed by atoms with Crippen molar-refractivity contribution in [3.05, 3.63) is 93.5 Å². The summed E-state index contributed by atoms with van der Waals surface area (Å²) < 4.78 is 5.57. The second-order valence-electron chi connectivity index (χ2n) is 7.40. The second-order valence-corrected chi connectivity index (χ2v) is 8.24. The van der Waals surface area contributed by atoms with Crippen LogP contribution in [0.15, 0.2) is 66.7 Å². The summed E-state index contributed by atoms with van der Waals surface area (Å²) in [5, 5.41) is 0.796. The number of hydrogen-bond donors (Lipinski definition) is 1. The molecule has 0 aliphatic heterocycles. The Hall–Kier alpha value is -2.66. The summed E-state index contributed by atoms with van der Waals surface area (Å²) >= 11 is 12.1. The molecule has 6 heteroatoms. The number of rotatable bonds is 6. The summed E-state index contributed by atoms with van der Waals surface area (Å²) in [5.74, 6) is -0.901. The van der Waals surface area contributed by atoms with Gasteiger partial charge in [-0.25, -0.2) is 4.79 Å². The average molecular weight is 440 g/mol. The van der Waals surface area contributed by atoms with Crippen molar-refractivity contribution >= 4 is 35.5 Å². The molecule has 0 bridgehead atoms. The van der Waals surface area contributed by atoms with E-state index in [0.29, 0.717) is 21.9 Å². The predicted octanol–water partition coefficient (Wildman–Crippen LogP) is 4.79. The Morgan fingerprint density at radius 3 is 2.17 bits per heavy atom. The van der Waals surface area contributed by atoms with Crippen molar-refractivity contribution in [2.75, 3.05) is 6.61 Å². The van der Waals surface area contributed by atoms with Gasteiger partial charge in [0.05, 0.1) is 0 Å². The number of carbonyl (C=O) groups excluding carboxylic acids is 2. The molecule has 0 amide bonds. The second kappa shape index (κ2) is 8.23. The lowest BCUT2D eigenvalue weighted by Gasteiger charge is -2.23. The maximum absolute atomic E-state index is 12.8. The molecule has 4 nitrogen and oxygen atoms in total. The lowest BCUT2D eigenvalue weighted by atomic mass is 9.93. The van der Waals surface area contributed by atoms with Gasteiger partial charge in [-0.15, -0.1) is 0 Å². The van der Waals surface area contributed by atoms with Crippen molar-refractivity contribution < 1.29 is 14.3 Å². The zero-order chi connectivity index (χ0) is 21.3. The van der Waals surface area contributed by atoms with Gasteiger partial charge in [-0.2, -0.15) is 0 Å². The van der Waals surface area contributed by atoms with Gasteiger partial charge in [0.15, 0.2) is 11.8 Å². The molecule has 0 heterocycles. The highest BCUT2D eigenvalue weighted by Gasteiger charge is 2.38. The number of benzene rings is 3. The highest BCUT2D eigenvalue weighted by Crippen LogP contribution is 2.44. The smallest absolute Gasteiger partial charge is 0.333 e. The average Bonchev–Trinajstić information content (AvgIpc) is 3.08. The third-order valence-electron chi connectivity index (χ3n) is 5.43. The highest BCUT2D eigenvalue weighted by molar-refractivity contribution is 6.35. The minimum absolute atomic E-state index is 0.0802. The fraction of sp³-hybridized carbons (Fsp3) is 0.167. The fourth-order valence-electron chi connectivity index (χ4n) is 3.87. The number of esters is 1. The van der Waals surface area contributed by atoms with Crippen LogP contribution < -0.4 is 5.73 Å². The van der Waals surface area contributed by atoms with Gasteiger partial charge in [-0.05, 0) is 39.9 Å². The largest absolute Gasteiger partial charge is 0.463 e. The topological polar surface area (TPSA) is 69.4 Å². The summed E-state index contributed by atoms with van der Waals surface area (Å²) in [7, 11) is 0. The summed E-state index contributed by atoms with van der Waals surface area (Å²) in [6.45, 7) is 0.0913. The highest BCUT2D eigenvalue weighted by atomic mass is 35.5. The van der Waals surface area contributed by atoms with Gasteiger partial charge in [-0.1, -0.05) is 77.8 Å². The molecule has 1 atom stereocenters. The lowest BCUT2D eigenvalue weighted by molar-refractivity contribution is -0.151. The van der Waals surface area contributed by atoms with Crippen LogP contribution >= 0.6 is 23.2 Å². The molecular weight excluding hydrogens is 421 g/mol. The van der Waals surface area contributed by atoms with Crippen molar-refractivity contribution in [3.63, 3.8) is 0 Å². The van der Waals surface area contributed by atoms with Crippen LogP contribution in [0.5, 0.6) is 0 Å². The summed E-state index contributed by atoms with van der Waals surface area (Å²) in [6.07, 6.45) is 0.333. The van der Waals surface area contributed by atoms with Crippen LogP contribution in [0.1, 0.15) is 22.6 Å². The summed E-state index contributed by atoms with van der Waals surface area (Å²) in [5.41, 5.74) is 9.24. The molecule has 4 rings (SSSR count). The van der Waals surface area contributed by atoms with Gasteiger partial charge in [0.1, 0.15) is 6.61 Å². The van der Waals surface area contributed by atoms with E-state index in [4.69, 9.17) is 33.7 Å². The Balaban J connectivity index is 1.54. The van der Waals surface area contributed by atoms with Crippen LogP contribution in [-0.4, -0.2) is 24.4 Å². The molecule has 0 aromatic heterocycles. The van der Waals surface area contributed by atoms with E-state index in [1.54, 1.807) is 18.2 Å². The van der Waals surface area contributed by atoms with Crippen molar-refractivity contribution in [3.8, 4) is 11.1 Å². The quantitative estimate of drug-likeness (QED) is 0.340. The SMILES string of the molecule is N[C@](C=O)(Cc1ccc(Cl)cc1Cl)C(=O)OCC1c2ccccc2-c2ccccc21. The van der Waals surface area contributed by atoms with Gasteiger partial charge in [0, 0.05) is 22.4 Å². The van der Waals surface area contributed by atoms with Gasteiger partial charge in [0.25, 0.3) is 0 Å². The molecule has 0 spiro atoms. The first-order chi connectivity index (χ1) is 14.4. The monoisotopic (exact) mass is 439 g/mol. The first-order valence-electron chi connectivity index (χ1n) is 9.47. The van der Waals surface area contributed by atoms with Gasteiger partial charge in [0.2, 0.25) is 0 Å². The van der Waals surface area contributed by atoms with E-state index in [1.807, 2.05) is 36.4 Å². The fourth-order valence-corrected chi connectivity index (χ4v) is 4.35. The van der Waals surface area contributed by atoms with E-state index in [1.165, 1.54) is 0 Å². The van der Waals surface area contributed by atoms with Gasteiger partial charge < -0.3 is 15.3 Å². The zero-order valence-electron chi connectivity index (χ0n) is 16.0. The Kier molecular flexibility index (Phi) is 5.65. The number of hydrogen-bond acceptors (Lipinski definition) is 4. The van der Waals surface area contributed by atoms with Crippen LogP contribution in [0.2, 0.25) is 10.0 Å². The van der Waals surface area contributed by atoms with Gasteiger partial charge in [-0.3, -0.25) is 0 Å². The maximum atomic E-state index is 12.8. The number of ether oxygens (including phenoxy) is 1. The van der Waals surface area contributed by atoms with Crippen LogP contribution in [0.4, 0.5) is 0 Å². The standard InChI is InChI=1S/C24H19Cl2NO3/c25-16-10-9-15(22(26)11-16)12-24(27,14-28)23(29)30-13-21-19-7-3-1-5-17(19)18-6-2-4-8-20(18)21/h1-11,14,21H,12-13,27H2/t24-/m0/s1. The van der Waals surface area contributed by atoms with Crippen LogP contribution in [-0.2, 0) is 20.7 Å². The number of aldehydes is 1. The normalized spacial score (nSPS) is 14.5. The summed E-state index contributed by atoms with van der Waals surface area (Å²) in [6, 6.07) is 20.9. The summed E-state index contributed by atoms with van der Waals surface area (Å²) in [4.78, 5) is 24.6. The number of halogens is 2. The third kappa shape index (κ3) is 3.74. The molecule has 0 fully saturated rings. The van der Waals surface area contributed by atoms with E-state index in [9.17, 15) is 9.59 Å². The van der Waals surface area contributed by atoms with Crippen LogP contribution in [0.25, 0.3) is 11.1 Å². The number of carbonyl (C=O) groups is 2. The molecule has 30 heavy (non-hydrogen) atoms. The van der Waals surface area contributed by atoms with Crippen molar-refractivity contribution in [2.45, 2.75) is 17.9 Å². The molecule has 1 aliphatic rings.